The van der Waals surface area contributed by atoms with Gasteiger partial charge in [-0.1, -0.05) is 12.1 Å². The Morgan fingerprint density at radius 1 is 1.18 bits per heavy atom. The van der Waals surface area contributed by atoms with Crippen LogP contribution in [-0.4, -0.2) is 19.6 Å². The van der Waals surface area contributed by atoms with Gasteiger partial charge >= 0.3 is 5.63 Å². The van der Waals surface area contributed by atoms with Gasteiger partial charge in [0.2, 0.25) is 5.91 Å². The number of methoxy groups -OCH3 is 1. The first kappa shape index (κ1) is 19.6. The van der Waals surface area contributed by atoms with Gasteiger partial charge in [-0.25, -0.2) is 9.18 Å². The summed E-state index contributed by atoms with van der Waals surface area (Å²) in [5, 5.41) is 3.62. The van der Waals surface area contributed by atoms with Crippen LogP contribution in [0.4, 0.5) is 4.39 Å². The van der Waals surface area contributed by atoms with E-state index in [-0.39, 0.29) is 18.1 Å². The molecular formula is C22H22FNO4. The molecule has 0 radical (unpaired) electrons. The van der Waals surface area contributed by atoms with Gasteiger partial charge in [-0.3, -0.25) is 4.79 Å². The highest BCUT2D eigenvalue weighted by Gasteiger charge is 2.13. The second kappa shape index (κ2) is 8.69. The number of halogens is 1. The molecule has 0 atom stereocenters. The van der Waals surface area contributed by atoms with Gasteiger partial charge in [0.1, 0.15) is 17.1 Å². The van der Waals surface area contributed by atoms with Crippen molar-refractivity contribution in [3.05, 3.63) is 75.4 Å². The maximum atomic E-state index is 13.2. The summed E-state index contributed by atoms with van der Waals surface area (Å²) < 4.78 is 23.7. The quantitative estimate of drug-likeness (QED) is 0.634. The van der Waals surface area contributed by atoms with Gasteiger partial charge in [-0.05, 0) is 55.2 Å². The number of benzene rings is 2. The molecule has 0 aliphatic rings. The van der Waals surface area contributed by atoms with Crippen molar-refractivity contribution >= 4 is 16.9 Å². The molecule has 1 N–H and O–H groups in total. The molecule has 3 aromatic rings. The molecule has 6 heteroatoms. The topological polar surface area (TPSA) is 68.5 Å². The van der Waals surface area contributed by atoms with Crippen LogP contribution in [0, 0.1) is 12.7 Å². The highest BCUT2D eigenvalue weighted by atomic mass is 19.1. The Kier molecular flexibility index (Phi) is 6.09. The number of amides is 1. The zero-order valence-electron chi connectivity index (χ0n) is 15.9. The van der Waals surface area contributed by atoms with Crippen molar-refractivity contribution in [1.82, 2.24) is 5.32 Å². The first-order valence-electron chi connectivity index (χ1n) is 9.09. The van der Waals surface area contributed by atoms with Crippen LogP contribution in [0.3, 0.4) is 0 Å². The van der Waals surface area contributed by atoms with Crippen molar-refractivity contribution in [2.75, 3.05) is 13.7 Å². The van der Waals surface area contributed by atoms with Crippen molar-refractivity contribution in [3.63, 3.8) is 0 Å². The molecule has 0 aliphatic heterocycles. The summed E-state index contributed by atoms with van der Waals surface area (Å²) in [6.07, 6.45) is 1.01. The first-order valence-corrected chi connectivity index (χ1v) is 9.09. The molecule has 146 valence electrons. The SMILES string of the molecule is COc1ccc2c(C)c(CCC(=O)NCCc3cccc(F)c3)c(=O)oc2c1. The molecule has 1 heterocycles. The van der Waals surface area contributed by atoms with Crippen molar-refractivity contribution in [1.29, 1.82) is 0 Å². The molecule has 5 nitrogen and oxygen atoms in total. The zero-order chi connectivity index (χ0) is 20.1. The summed E-state index contributed by atoms with van der Waals surface area (Å²) in [7, 11) is 1.55. The van der Waals surface area contributed by atoms with E-state index in [0.29, 0.717) is 36.3 Å². The van der Waals surface area contributed by atoms with Crippen LogP contribution in [0.1, 0.15) is 23.1 Å². The molecule has 1 aromatic heterocycles. The molecule has 1 amide bonds. The van der Waals surface area contributed by atoms with Crippen LogP contribution in [0.25, 0.3) is 11.0 Å². The van der Waals surface area contributed by atoms with Crippen molar-refractivity contribution in [2.45, 2.75) is 26.2 Å². The second-order valence-corrected chi connectivity index (χ2v) is 6.59. The summed E-state index contributed by atoms with van der Waals surface area (Å²) in [5.74, 6) is 0.158. The highest BCUT2D eigenvalue weighted by molar-refractivity contribution is 5.82. The smallest absolute Gasteiger partial charge is 0.339 e. The van der Waals surface area contributed by atoms with E-state index in [2.05, 4.69) is 5.32 Å². The molecule has 3 rings (SSSR count). The van der Waals surface area contributed by atoms with Gasteiger partial charge in [-0.15, -0.1) is 0 Å². The molecule has 0 spiro atoms. The number of hydrogen-bond donors (Lipinski definition) is 1. The van der Waals surface area contributed by atoms with Gasteiger partial charge in [0.15, 0.2) is 0 Å². The van der Waals surface area contributed by atoms with E-state index in [1.54, 1.807) is 25.3 Å². The van der Waals surface area contributed by atoms with E-state index in [1.165, 1.54) is 12.1 Å². The average Bonchev–Trinajstić information content (AvgIpc) is 2.67. The summed E-state index contributed by atoms with van der Waals surface area (Å²) in [4.78, 5) is 24.4. The van der Waals surface area contributed by atoms with Crippen LogP contribution in [-0.2, 0) is 17.6 Å². The van der Waals surface area contributed by atoms with Gasteiger partial charge in [0, 0.05) is 30.0 Å². The highest BCUT2D eigenvalue weighted by Crippen LogP contribution is 2.24. The monoisotopic (exact) mass is 383 g/mol. The number of ether oxygens (including phenoxy) is 1. The van der Waals surface area contributed by atoms with Gasteiger partial charge in [0.25, 0.3) is 0 Å². The minimum absolute atomic E-state index is 0.162. The number of carbonyl (C=O) groups excluding carboxylic acids is 1. The van der Waals surface area contributed by atoms with E-state index in [9.17, 15) is 14.0 Å². The largest absolute Gasteiger partial charge is 0.497 e. The minimum Gasteiger partial charge on any atom is -0.497 e. The molecule has 28 heavy (non-hydrogen) atoms. The number of nitrogens with one attached hydrogen (secondary N) is 1. The molecule has 0 bridgehead atoms. The fourth-order valence-corrected chi connectivity index (χ4v) is 3.16. The summed E-state index contributed by atoms with van der Waals surface area (Å²) in [5.41, 5.74) is 2.15. The van der Waals surface area contributed by atoms with Crippen molar-refractivity contribution in [3.8, 4) is 5.75 Å². The number of fused-ring (bicyclic) bond motifs is 1. The number of aryl methyl sites for hydroxylation is 1. The third kappa shape index (κ3) is 4.57. The number of carbonyl (C=O) groups is 1. The third-order valence-corrected chi connectivity index (χ3v) is 4.72. The second-order valence-electron chi connectivity index (χ2n) is 6.59. The van der Waals surface area contributed by atoms with E-state index < -0.39 is 5.63 Å². The van der Waals surface area contributed by atoms with Crippen molar-refractivity contribution in [2.24, 2.45) is 0 Å². The van der Waals surface area contributed by atoms with E-state index >= 15 is 0 Å². The first-order chi connectivity index (χ1) is 13.5. The van der Waals surface area contributed by atoms with Crippen LogP contribution in [0.15, 0.2) is 51.7 Å². The molecular weight excluding hydrogens is 361 g/mol. The maximum Gasteiger partial charge on any atom is 0.339 e. The normalized spacial score (nSPS) is 10.8. The third-order valence-electron chi connectivity index (χ3n) is 4.72. The fourth-order valence-electron chi connectivity index (χ4n) is 3.16. The number of hydrogen-bond acceptors (Lipinski definition) is 4. The van der Waals surface area contributed by atoms with Crippen LogP contribution in [0.2, 0.25) is 0 Å². The van der Waals surface area contributed by atoms with E-state index in [4.69, 9.17) is 9.15 Å². The predicted molar refractivity (Wildman–Crippen MR) is 105 cm³/mol. The minimum atomic E-state index is -0.439. The summed E-state index contributed by atoms with van der Waals surface area (Å²) >= 11 is 0. The molecule has 0 saturated heterocycles. The average molecular weight is 383 g/mol. The van der Waals surface area contributed by atoms with E-state index in [0.717, 1.165) is 16.5 Å². The molecule has 0 saturated carbocycles. The lowest BCUT2D eigenvalue weighted by Gasteiger charge is -2.09. The standard InChI is InChI=1S/C22H22FNO4/c1-14-18-7-6-17(27-2)13-20(18)28-22(26)19(14)8-9-21(25)24-11-10-15-4-3-5-16(23)12-15/h3-7,12-13H,8-11H2,1-2H3,(H,24,25). The summed E-state index contributed by atoms with van der Waals surface area (Å²) in [6, 6.07) is 11.6. The molecule has 0 unspecified atom stereocenters. The lowest BCUT2D eigenvalue weighted by Crippen LogP contribution is -2.26. The zero-order valence-corrected chi connectivity index (χ0v) is 15.9. The van der Waals surface area contributed by atoms with Crippen LogP contribution < -0.4 is 15.7 Å². The molecule has 0 fully saturated rings. The van der Waals surface area contributed by atoms with Gasteiger partial charge in [-0.2, -0.15) is 0 Å². The Balaban J connectivity index is 1.61. The summed E-state index contributed by atoms with van der Waals surface area (Å²) in [6.45, 7) is 2.26. The Morgan fingerprint density at radius 2 is 2.00 bits per heavy atom. The maximum absolute atomic E-state index is 13.2. The lowest BCUT2D eigenvalue weighted by atomic mass is 10.0. The molecule has 2 aromatic carbocycles. The predicted octanol–water partition coefficient (Wildman–Crippen LogP) is 3.54. The number of rotatable bonds is 7. The van der Waals surface area contributed by atoms with Gasteiger partial charge in [0.05, 0.1) is 7.11 Å². The Bertz CT molecular complexity index is 1060. The van der Waals surface area contributed by atoms with Crippen LogP contribution in [0.5, 0.6) is 5.75 Å². The lowest BCUT2D eigenvalue weighted by molar-refractivity contribution is -0.121. The van der Waals surface area contributed by atoms with Crippen LogP contribution >= 0.6 is 0 Å². The van der Waals surface area contributed by atoms with Gasteiger partial charge < -0.3 is 14.5 Å². The molecule has 0 aliphatic carbocycles. The Morgan fingerprint density at radius 3 is 2.75 bits per heavy atom. The Hall–Kier alpha value is -3.15. The Labute approximate surface area is 162 Å². The fraction of sp³-hybridized carbons (Fsp3) is 0.273. The van der Waals surface area contributed by atoms with E-state index in [1.807, 2.05) is 19.1 Å². The van der Waals surface area contributed by atoms with Crippen molar-refractivity contribution < 1.29 is 18.3 Å².